The van der Waals surface area contributed by atoms with Gasteiger partial charge in [0.15, 0.2) is 0 Å². The topological polar surface area (TPSA) is 41.1 Å². The van der Waals surface area contributed by atoms with Gasteiger partial charge < -0.3 is 10.6 Å². The number of anilines is 1. The highest BCUT2D eigenvalue weighted by Crippen LogP contribution is 2.19. The number of nitrogens with one attached hydrogen (secondary N) is 2. The minimum atomic E-state index is -0.213. The molecular formula is C16H16BrClN2O. The lowest BCUT2D eigenvalue weighted by Crippen LogP contribution is -2.30. The summed E-state index contributed by atoms with van der Waals surface area (Å²) in [6.07, 6.45) is 0.784. The summed E-state index contributed by atoms with van der Waals surface area (Å²) in [4.78, 5) is 11.8. The molecular weight excluding hydrogens is 352 g/mol. The minimum absolute atomic E-state index is 0.213. The van der Waals surface area contributed by atoms with Crippen molar-refractivity contribution in [3.8, 4) is 0 Å². The summed E-state index contributed by atoms with van der Waals surface area (Å²) in [7, 11) is 0. The summed E-state index contributed by atoms with van der Waals surface area (Å²) in [5.74, 6) is 0. The third kappa shape index (κ3) is 5.06. The fourth-order valence-corrected chi connectivity index (χ4v) is 2.62. The zero-order valence-electron chi connectivity index (χ0n) is 11.6. The highest BCUT2D eigenvalue weighted by molar-refractivity contribution is 9.10. The van der Waals surface area contributed by atoms with Gasteiger partial charge >= 0.3 is 6.03 Å². The first-order valence-corrected chi connectivity index (χ1v) is 7.77. The molecule has 0 atom stereocenters. The molecule has 21 heavy (non-hydrogen) atoms. The Bertz CT molecular complexity index is 646. The number of hydrogen-bond donors (Lipinski definition) is 2. The standard InChI is InChI=1S/C16H16BrClN2O/c1-11-9-14(18)5-6-15(11)20-16(21)19-8-7-12-3-2-4-13(17)10-12/h2-6,9-10H,7-8H2,1H3,(H2,19,20,21). The Hall–Kier alpha value is -1.52. The van der Waals surface area contributed by atoms with Gasteiger partial charge in [-0.05, 0) is 54.8 Å². The van der Waals surface area contributed by atoms with E-state index in [1.165, 1.54) is 5.56 Å². The predicted molar refractivity (Wildman–Crippen MR) is 91.1 cm³/mol. The summed E-state index contributed by atoms with van der Waals surface area (Å²) >= 11 is 9.32. The summed E-state index contributed by atoms with van der Waals surface area (Å²) in [6.45, 7) is 2.48. The van der Waals surface area contributed by atoms with Gasteiger partial charge in [-0.25, -0.2) is 4.79 Å². The number of halogens is 2. The zero-order valence-corrected chi connectivity index (χ0v) is 14.0. The summed E-state index contributed by atoms with van der Waals surface area (Å²) in [5, 5.41) is 6.32. The minimum Gasteiger partial charge on any atom is -0.338 e. The lowest BCUT2D eigenvalue weighted by molar-refractivity contribution is 0.252. The van der Waals surface area contributed by atoms with E-state index in [1.807, 2.05) is 37.3 Å². The molecule has 0 radical (unpaired) electrons. The first kappa shape index (κ1) is 15.9. The lowest BCUT2D eigenvalue weighted by atomic mass is 10.1. The predicted octanol–water partition coefficient (Wildman–Crippen LogP) is 4.78. The molecule has 0 spiro atoms. The summed E-state index contributed by atoms with van der Waals surface area (Å²) < 4.78 is 1.04. The summed E-state index contributed by atoms with van der Waals surface area (Å²) in [6, 6.07) is 13.2. The molecule has 2 aromatic rings. The third-order valence-corrected chi connectivity index (χ3v) is 3.75. The van der Waals surface area contributed by atoms with Crippen molar-refractivity contribution in [2.75, 3.05) is 11.9 Å². The molecule has 2 N–H and O–H groups in total. The van der Waals surface area contributed by atoms with Crippen LogP contribution >= 0.6 is 27.5 Å². The van der Waals surface area contributed by atoms with E-state index in [-0.39, 0.29) is 6.03 Å². The SMILES string of the molecule is Cc1cc(Cl)ccc1NC(=O)NCCc1cccc(Br)c1. The van der Waals surface area contributed by atoms with Crippen LogP contribution in [0.5, 0.6) is 0 Å². The second-order valence-corrected chi connectivity index (χ2v) is 6.07. The van der Waals surface area contributed by atoms with Crippen molar-refractivity contribution in [3.63, 3.8) is 0 Å². The van der Waals surface area contributed by atoms with Gasteiger partial charge in [0.05, 0.1) is 0 Å². The van der Waals surface area contributed by atoms with E-state index in [4.69, 9.17) is 11.6 Å². The van der Waals surface area contributed by atoms with Crippen molar-refractivity contribution in [3.05, 3.63) is 63.1 Å². The molecule has 0 heterocycles. The molecule has 0 saturated heterocycles. The Kier molecular flexibility index (Phi) is 5.65. The van der Waals surface area contributed by atoms with Crippen LogP contribution in [0.4, 0.5) is 10.5 Å². The van der Waals surface area contributed by atoms with Gasteiger partial charge in [-0.3, -0.25) is 0 Å². The quantitative estimate of drug-likeness (QED) is 0.802. The van der Waals surface area contributed by atoms with Gasteiger partial charge in [0.25, 0.3) is 0 Å². The third-order valence-electron chi connectivity index (χ3n) is 3.02. The molecule has 2 amide bonds. The van der Waals surface area contributed by atoms with Crippen molar-refractivity contribution < 1.29 is 4.79 Å². The molecule has 0 bridgehead atoms. The van der Waals surface area contributed by atoms with Gasteiger partial charge in [-0.2, -0.15) is 0 Å². The number of hydrogen-bond acceptors (Lipinski definition) is 1. The van der Waals surface area contributed by atoms with Crippen LogP contribution in [-0.4, -0.2) is 12.6 Å². The molecule has 0 aliphatic heterocycles. The van der Waals surface area contributed by atoms with Crippen molar-refractivity contribution in [1.82, 2.24) is 5.32 Å². The Morgan fingerprint density at radius 2 is 2.05 bits per heavy atom. The van der Waals surface area contributed by atoms with Gasteiger partial charge in [0, 0.05) is 21.7 Å². The first-order valence-electron chi connectivity index (χ1n) is 6.60. The molecule has 2 rings (SSSR count). The maximum atomic E-state index is 11.8. The number of urea groups is 1. The van der Waals surface area contributed by atoms with Crippen LogP contribution in [0.25, 0.3) is 0 Å². The number of benzene rings is 2. The van der Waals surface area contributed by atoms with Crippen molar-refractivity contribution in [2.45, 2.75) is 13.3 Å². The molecule has 0 fully saturated rings. The van der Waals surface area contributed by atoms with Gasteiger partial charge in [-0.1, -0.05) is 39.7 Å². The van der Waals surface area contributed by atoms with Crippen molar-refractivity contribution in [2.24, 2.45) is 0 Å². The Labute approximate surface area is 137 Å². The van der Waals surface area contributed by atoms with E-state index >= 15 is 0 Å². The maximum Gasteiger partial charge on any atom is 0.319 e. The summed E-state index contributed by atoms with van der Waals surface area (Å²) in [5.41, 5.74) is 2.87. The van der Waals surface area contributed by atoms with Crippen LogP contribution in [0.2, 0.25) is 5.02 Å². The molecule has 5 heteroatoms. The van der Waals surface area contributed by atoms with Crippen LogP contribution in [0, 0.1) is 6.92 Å². The number of aryl methyl sites for hydroxylation is 1. The average molecular weight is 368 g/mol. The highest BCUT2D eigenvalue weighted by Gasteiger charge is 2.04. The molecule has 3 nitrogen and oxygen atoms in total. The first-order chi connectivity index (χ1) is 10.0. The molecule has 0 aliphatic rings. The molecule has 2 aromatic carbocycles. The fourth-order valence-electron chi connectivity index (χ4n) is 1.95. The second-order valence-electron chi connectivity index (χ2n) is 4.72. The Morgan fingerprint density at radius 3 is 2.76 bits per heavy atom. The number of rotatable bonds is 4. The molecule has 0 unspecified atom stereocenters. The smallest absolute Gasteiger partial charge is 0.319 e. The molecule has 110 valence electrons. The average Bonchev–Trinajstić information content (AvgIpc) is 2.42. The van der Waals surface area contributed by atoms with Crippen LogP contribution in [0.15, 0.2) is 46.9 Å². The number of amides is 2. The van der Waals surface area contributed by atoms with E-state index in [9.17, 15) is 4.79 Å². The molecule has 0 aliphatic carbocycles. The second kappa shape index (κ2) is 7.48. The van der Waals surface area contributed by atoms with Gasteiger partial charge in [0.1, 0.15) is 0 Å². The van der Waals surface area contributed by atoms with Crippen LogP contribution in [0.3, 0.4) is 0 Å². The number of carbonyl (C=O) groups excluding carboxylic acids is 1. The monoisotopic (exact) mass is 366 g/mol. The molecule has 0 saturated carbocycles. The van der Waals surface area contributed by atoms with Crippen molar-refractivity contribution in [1.29, 1.82) is 0 Å². The Balaban J connectivity index is 1.82. The van der Waals surface area contributed by atoms with E-state index in [2.05, 4.69) is 26.6 Å². The van der Waals surface area contributed by atoms with Crippen molar-refractivity contribution >= 4 is 39.2 Å². The lowest BCUT2D eigenvalue weighted by Gasteiger charge is -2.10. The van der Waals surface area contributed by atoms with E-state index in [0.29, 0.717) is 11.6 Å². The van der Waals surface area contributed by atoms with E-state index in [0.717, 1.165) is 22.1 Å². The van der Waals surface area contributed by atoms with Gasteiger partial charge in [0.2, 0.25) is 0 Å². The van der Waals surface area contributed by atoms with E-state index in [1.54, 1.807) is 12.1 Å². The fraction of sp³-hybridized carbons (Fsp3) is 0.188. The van der Waals surface area contributed by atoms with Crippen LogP contribution in [0.1, 0.15) is 11.1 Å². The largest absolute Gasteiger partial charge is 0.338 e. The highest BCUT2D eigenvalue weighted by atomic mass is 79.9. The number of carbonyl (C=O) groups is 1. The van der Waals surface area contributed by atoms with Crippen LogP contribution in [-0.2, 0) is 6.42 Å². The van der Waals surface area contributed by atoms with Gasteiger partial charge in [-0.15, -0.1) is 0 Å². The Morgan fingerprint density at radius 1 is 1.24 bits per heavy atom. The van der Waals surface area contributed by atoms with Crippen LogP contribution < -0.4 is 10.6 Å². The maximum absolute atomic E-state index is 11.8. The zero-order chi connectivity index (χ0) is 15.2. The van der Waals surface area contributed by atoms with E-state index < -0.39 is 0 Å². The molecule has 0 aromatic heterocycles. The normalized spacial score (nSPS) is 10.2.